The highest BCUT2D eigenvalue weighted by Crippen LogP contribution is 2.34. The average molecular weight is 424 g/mol. The minimum absolute atomic E-state index is 0.111. The Balaban J connectivity index is 1.37. The van der Waals surface area contributed by atoms with E-state index in [1.165, 1.54) is 17.1 Å². The first-order valence-corrected chi connectivity index (χ1v) is 11.9. The third-order valence-electron chi connectivity index (χ3n) is 4.72. The number of hydrogen-bond acceptors (Lipinski definition) is 8. The van der Waals surface area contributed by atoms with Gasteiger partial charge in [0, 0.05) is 32.7 Å². The van der Waals surface area contributed by atoms with Crippen LogP contribution in [-0.2, 0) is 6.54 Å². The number of aromatic nitrogens is 1. The molecule has 0 aliphatic carbocycles. The molecule has 4 rings (SSSR count). The van der Waals surface area contributed by atoms with Crippen LogP contribution in [0.5, 0.6) is 11.5 Å². The normalized spacial score (nSPS) is 16.7. The van der Waals surface area contributed by atoms with Gasteiger partial charge in [-0.3, -0.25) is 9.69 Å². The number of fused-ring (bicyclic) bond motifs is 1. The number of piperazine rings is 1. The summed E-state index contributed by atoms with van der Waals surface area (Å²) in [5.41, 5.74) is 1.99. The first kappa shape index (κ1) is 18.9. The van der Waals surface area contributed by atoms with Crippen molar-refractivity contribution in [3.8, 4) is 11.5 Å². The highest BCUT2D eigenvalue weighted by atomic mass is 32.2. The summed E-state index contributed by atoms with van der Waals surface area (Å²) in [5, 5.41) is 0.845. The summed E-state index contributed by atoms with van der Waals surface area (Å²) in [6.45, 7) is 4.35. The smallest absolute Gasteiger partial charge is 0.258 e. The molecular formula is C18H21N3O3S3. The summed E-state index contributed by atoms with van der Waals surface area (Å²) in [5.74, 6) is 1.74. The maximum absolute atomic E-state index is 13.0. The van der Waals surface area contributed by atoms with Crippen molar-refractivity contribution < 1.29 is 14.3 Å². The van der Waals surface area contributed by atoms with Gasteiger partial charge < -0.3 is 14.4 Å². The fourth-order valence-corrected chi connectivity index (χ4v) is 5.55. The first-order valence-electron chi connectivity index (χ1n) is 8.67. The van der Waals surface area contributed by atoms with E-state index in [1.807, 2.05) is 29.5 Å². The van der Waals surface area contributed by atoms with Gasteiger partial charge in [-0.2, -0.15) is 4.37 Å². The highest BCUT2D eigenvalue weighted by Gasteiger charge is 2.28. The van der Waals surface area contributed by atoms with E-state index in [-0.39, 0.29) is 5.91 Å². The van der Waals surface area contributed by atoms with Crippen molar-refractivity contribution >= 4 is 41.0 Å². The molecule has 3 heterocycles. The Hall–Kier alpha value is -1.42. The summed E-state index contributed by atoms with van der Waals surface area (Å²) < 4.78 is 16.3. The molecule has 1 aromatic heterocycles. The molecule has 0 bridgehead atoms. The number of thioether (sulfide) groups is 2. The van der Waals surface area contributed by atoms with Crippen LogP contribution in [0.25, 0.3) is 0 Å². The molecule has 1 saturated heterocycles. The van der Waals surface area contributed by atoms with E-state index in [9.17, 15) is 4.79 Å². The zero-order valence-corrected chi connectivity index (χ0v) is 17.7. The molecule has 0 unspecified atom stereocenters. The van der Waals surface area contributed by atoms with Gasteiger partial charge in [0.25, 0.3) is 5.91 Å². The van der Waals surface area contributed by atoms with Crippen molar-refractivity contribution in [3.63, 3.8) is 0 Å². The van der Waals surface area contributed by atoms with Crippen LogP contribution in [-0.4, -0.2) is 65.6 Å². The van der Waals surface area contributed by atoms with Crippen LogP contribution in [0.2, 0.25) is 0 Å². The molecule has 2 aliphatic heterocycles. The highest BCUT2D eigenvalue weighted by molar-refractivity contribution is 8.01. The van der Waals surface area contributed by atoms with Crippen molar-refractivity contribution in [1.29, 1.82) is 0 Å². The molecule has 144 valence electrons. The zero-order chi connectivity index (χ0) is 18.8. The van der Waals surface area contributed by atoms with Crippen LogP contribution in [0.4, 0.5) is 0 Å². The number of amides is 1. The monoisotopic (exact) mass is 423 g/mol. The van der Waals surface area contributed by atoms with Gasteiger partial charge in [-0.1, -0.05) is 6.07 Å². The van der Waals surface area contributed by atoms with Crippen molar-refractivity contribution in [2.75, 3.05) is 45.5 Å². The molecule has 2 aliphatic rings. The Kier molecular flexibility index (Phi) is 5.82. The second-order valence-corrected chi connectivity index (χ2v) is 8.96. The Morgan fingerprint density at radius 3 is 2.67 bits per heavy atom. The lowest BCUT2D eigenvalue weighted by atomic mass is 10.1. The van der Waals surface area contributed by atoms with Crippen LogP contribution in [0.3, 0.4) is 0 Å². The molecule has 1 aromatic carbocycles. The largest absolute Gasteiger partial charge is 0.454 e. The summed E-state index contributed by atoms with van der Waals surface area (Å²) >= 11 is 4.56. The quantitative estimate of drug-likeness (QED) is 0.684. The number of hydrogen-bond donors (Lipinski definition) is 0. The molecule has 9 heteroatoms. The lowest BCUT2D eigenvalue weighted by Crippen LogP contribution is -2.48. The molecule has 6 nitrogen and oxygen atoms in total. The Morgan fingerprint density at radius 1 is 1.15 bits per heavy atom. The van der Waals surface area contributed by atoms with Crippen molar-refractivity contribution in [3.05, 3.63) is 29.3 Å². The maximum Gasteiger partial charge on any atom is 0.258 e. The summed E-state index contributed by atoms with van der Waals surface area (Å²) in [4.78, 5) is 17.4. The van der Waals surface area contributed by atoms with E-state index in [4.69, 9.17) is 9.47 Å². The summed E-state index contributed by atoms with van der Waals surface area (Å²) in [6, 6.07) is 6.10. The predicted molar refractivity (Wildman–Crippen MR) is 109 cm³/mol. The third-order valence-corrected chi connectivity index (χ3v) is 7.46. The van der Waals surface area contributed by atoms with Gasteiger partial charge in [0.05, 0.1) is 9.77 Å². The molecule has 0 N–H and O–H groups in total. The number of rotatable bonds is 5. The topological polar surface area (TPSA) is 54.9 Å². The minimum Gasteiger partial charge on any atom is -0.454 e. The van der Waals surface area contributed by atoms with Gasteiger partial charge in [0.15, 0.2) is 11.5 Å². The van der Waals surface area contributed by atoms with Gasteiger partial charge in [0.1, 0.15) is 5.03 Å². The number of ether oxygens (including phenoxy) is 2. The lowest BCUT2D eigenvalue weighted by Gasteiger charge is -2.34. The summed E-state index contributed by atoms with van der Waals surface area (Å²) in [7, 11) is 0. The molecule has 27 heavy (non-hydrogen) atoms. The fourth-order valence-electron chi connectivity index (χ4n) is 3.28. The van der Waals surface area contributed by atoms with Gasteiger partial charge in [0.2, 0.25) is 6.79 Å². The van der Waals surface area contributed by atoms with Crippen LogP contribution in [0, 0.1) is 0 Å². The van der Waals surface area contributed by atoms with Crippen molar-refractivity contribution in [2.45, 2.75) is 15.8 Å². The zero-order valence-electron chi connectivity index (χ0n) is 15.3. The van der Waals surface area contributed by atoms with Crippen molar-refractivity contribution in [1.82, 2.24) is 14.2 Å². The van der Waals surface area contributed by atoms with Crippen LogP contribution < -0.4 is 9.47 Å². The van der Waals surface area contributed by atoms with Crippen molar-refractivity contribution in [2.24, 2.45) is 0 Å². The van der Waals surface area contributed by atoms with Gasteiger partial charge in [-0.15, -0.1) is 23.5 Å². The van der Waals surface area contributed by atoms with Crippen LogP contribution in [0.15, 0.2) is 27.4 Å². The van der Waals surface area contributed by atoms with E-state index in [0.717, 1.165) is 59.0 Å². The molecule has 0 spiro atoms. The average Bonchev–Trinajstić information content (AvgIpc) is 3.33. The molecule has 0 saturated carbocycles. The Bertz CT molecular complexity index is 813. The molecule has 1 fully saturated rings. The number of carbonyl (C=O) groups is 1. The van der Waals surface area contributed by atoms with Gasteiger partial charge >= 0.3 is 0 Å². The molecule has 2 aromatic rings. The minimum atomic E-state index is 0.111. The third kappa shape index (κ3) is 3.91. The van der Waals surface area contributed by atoms with E-state index < -0.39 is 0 Å². The number of nitrogens with zero attached hydrogens (tertiary/aromatic N) is 3. The summed E-state index contributed by atoms with van der Waals surface area (Å²) in [6.07, 6.45) is 3.97. The van der Waals surface area contributed by atoms with Crippen LogP contribution >= 0.6 is 35.1 Å². The van der Waals surface area contributed by atoms with E-state index >= 15 is 0 Å². The Labute approximate surface area is 171 Å². The first-order chi connectivity index (χ1) is 13.2. The molecule has 0 radical (unpaired) electrons. The van der Waals surface area contributed by atoms with Crippen LogP contribution in [0.1, 0.15) is 15.9 Å². The standard InChI is InChI=1S/C18H21N3O3S3/c1-25-16-15(18(26-2)27-19-16)17(22)21-7-5-20(6-8-21)10-12-3-4-13-14(9-12)24-11-23-13/h3-4,9H,5-8,10-11H2,1-2H3. The van der Waals surface area contributed by atoms with Gasteiger partial charge in [-0.25, -0.2) is 0 Å². The maximum atomic E-state index is 13.0. The molecule has 0 atom stereocenters. The molecule has 1 amide bonds. The van der Waals surface area contributed by atoms with Gasteiger partial charge in [-0.05, 0) is 41.7 Å². The van der Waals surface area contributed by atoms with E-state index in [0.29, 0.717) is 6.79 Å². The lowest BCUT2D eigenvalue weighted by molar-refractivity contribution is 0.0622. The fraction of sp³-hybridized carbons (Fsp3) is 0.444. The molecular weight excluding hydrogens is 402 g/mol. The SMILES string of the molecule is CSc1nsc(SC)c1C(=O)N1CCN(Cc2ccc3c(c2)OCO3)CC1. The second kappa shape index (κ2) is 8.30. The van der Waals surface area contributed by atoms with E-state index in [2.05, 4.69) is 15.3 Å². The second-order valence-electron chi connectivity index (χ2n) is 6.31. The van der Waals surface area contributed by atoms with E-state index in [1.54, 1.807) is 23.5 Å². The number of carbonyl (C=O) groups excluding carboxylic acids is 1. The Morgan fingerprint density at radius 2 is 1.93 bits per heavy atom. The predicted octanol–water partition coefficient (Wildman–Crippen LogP) is 3.27. The number of benzene rings is 1.